The van der Waals surface area contributed by atoms with Gasteiger partial charge in [0, 0.05) is 26.2 Å². The molecule has 144 valence electrons. The fourth-order valence-electron chi connectivity index (χ4n) is 2.71. The molecule has 7 heteroatoms. The SMILES string of the molecule is CCCCCCNC(=NCCCN1C(=O)NC(C)(CC)C1=O)NCC. The van der Waals surface area contributed by atoms with Crippen molar-refractivity contribution in [3.63, 3.8) is 0 Å². The summed E-state index contributed by atoms with van der Waals surface area (Å²) in [6.45, 7) is 10.6. The zero-order valence-electron chi connectivity index (χ0n) is 16.3. The minimum Gasteiger partial charge on any atom is -0.357 e. The Morgan fingerprint density at radius 2 is 1.88 bits per heavy atom. The monoisotopic (exact) mass is 353 g/mol. The van der Waals surface area contributed by atoms with Crippen molar-refractivity contribution in [2.24, 2.45) is 4.99 Å². The molecule has 1 saturated heterocycles. The predicted octanol–water partition coefficient (Wildman–Crippen LogP) is 2.23. The Morgan fingerprint density at radius 3 is 2.48 bits per heavy atom. The normalized spacial score (nSPS) is 20.8. The van der Waals surface area contributed by atoms with Crippen molar-refractivity contribution in [1.82, 2.24) is 20.9 Å². The van der Waals surface area contributed by atoms with E-state index in [-0.39, 0.29) is 11.9 Å². The van der Waals surface area contributed by atoms with Gasteiger partial charge in [-0.15, -0.1) is 0 Å². The van der Waals surface area contributed by atoms with Gasteiger partial charge in [0.2, 0.25) is 0 Å². The van der Waals surface area contributed by atoms with Gasteiger partial charge in [-0.1, -0.05) is 33.1 Å². The molecule has 1 rings (SSSR count). The Kier molecular flexibility index (Phi) is 9.31. The third kappa shape index (κ3) is 6.55. The molecule has 1 atom stereocenters. The summed E-state index contributed by atoms with van der Waals surface area (Å²) in [5.41, 5.74) is -0.755. The van der Waals surface area contributed by atoms with E-state index >= 15 is 0 Å². The largest absolute Gasteiger partial charge is 0.357 e. The van der Waals surface area contributed by atoms with Crippen LogP contribution in [0.3, 0.4) is 0 Å². The molecule has 0 saturated carbocycles. The molecule has 1 fully saturated rings. The smallest absolute Gasteiger partial charge is 0.325 e. The fourth-order valence-corrected chi connectivity index (χ4v) is 2.71. The van der Waals surface area contributed by atoms with E-state index in [2.05, 4.69) is 27.9 Å². The van der Waals surface area contributed by atoms with Crippen molar-refractivity contribution in [2.75, 3.05) is 26.2 Å². The van der Waals surface area contributed by atoms with Gasteiger partial charge in [0.1, 0.15) is 5.54 Å². The zero-order valence-corrected chi connectivity index (χ0v) is 16.3. The van der Waals surface area contributed by atoms with Gasteiger partial charge in [0.15, 0.2) is 5.96 Å². The van der Waals surface area contributed by atoms with Crippen LogP contribution in [0.25, 0.3) is 0 Å². The van der Waals surface area contributed by atoms with E-state index in [4.69, 9.17) is 0 Å². The van der Waals surface area contributed by atoms with Crippen LogP contribution in [-0.4, -0.2) is 54.5 Å². The van der Waals surface area contributed by atoms with Crippen LogP contribution >= 0.6 is 0 Å². The lowest BCUT2D eigenvalue weighted by Gasteiger charge is -2.19. The first-order valence-corrected chi connectivity index (χ1v) is 9.64. The van der Waals surface area contributed by atoms with E-state index in [1.54, 1.807) is 6.92 Å². The Balaban J connectivity index is 2.38. The molecule has 0 aromatic carbocycles. The molecule has 1 aliphatic rings. The number of carbonyl (C=O) groups excluding carboxylic acids is 2. The fraction of sp³-hybridized carbons (Fsp3) is 0.833. The standard InChI is InChI=1S/C18H35N5O2/c1-5-8-9-10-12-20-16(19-7-3)21-13-11-14-23-15(24)18(4,6-2)22-17(23)25/h5-14H2,1-4H3,(H,22,25)(H2,19,20,21). The lowest BCUT2D eigenvalue weighted by Crippen LogP contribution is -2.43. The van der Waals surface area contributed by atoms with Crippen LogP contribution in [0, 0.1) is 0 Å². The van der Waals surface area contributed by atoms with E-state index in [1.807, 2.05) is 13.8 Å². The summed E-state index contributed by atoms with van der Waals surface area (Å²) in [5, 5.41) is 9.32. The van der Waals surface area contributed by atoms with Gasteiger partial charge in [-0.25, -0.2) is 4.79 Å². The van der Waals surface area contributed by atoms with Gasteiger partial charge >= 0.3 is 6.03 Å². The minimum absolute atomic E-state index is 0.134. The van der Waals surface area contributed by atoms with Crippen molar-refractivity contribution in [1.29, 1.82) is 0 Å². The van der Waals surface area contributed by atoms with Crippen LogP contribution in [0.2, 0.25) is 0 Å². The number of hydrogen-bond donors (Lipinski definition) is 3. The van der Waals surface area contributed by atoms with Crippen LogP contribution in [0.5, 0.6) is 0 Å². The highest BCUT2D eigenvalue weighted by Gasteiger charge is 2.45. The molecular formula is C18H35N5O2. The van der Waals surface area contributed by atoms with E-state index in [0.717, 1.165) is 25.5 Å². The molecule has 1 unspecified atom stereocenters. The molecule has 3 amide bonds. The van der Waals surface area contributed by atoms with Crippen LogP contribution < -0.4 is 16.0 Å². The summed E-state index contributed by atoms with van der Waals surface area (Å²) in [6.07, 6.45) is 6.11. The second-order valence-electron chi connectivity index (χ2n) is 6.67. The van der Waals surface area contributed by atoms with Crippen LogP contribution in [0.15, 0.2) is 4.99 Å². The van der Waals surface area contributed by atoms with E-state index in [0.29, 0.717) is 25.9 Å². The van der Waals surface area contributed by atoms with Crippen molar-refractivity contribution in [3.8, 4) is 0 Å². The van der Waals surface area contributed by atoms with Crippen LogP contribution in [0.4, 0.5) is 4.79 Å². The number of guanidine groups is 1. The topological polar surface area (TPSA) is 85.8 Å². The number of hydrogen-bond acceptors (Lipinski definition) is 3. The third-order valence-electron chi connectivity index (χ3n) is 4.53. The van der Waals surface area contributed by atoms with E-state index in [9.17, 15) is 9.59 Å². The van der Waals surface area contributed by atoms with Crippen molar-refractivity contribution in [3.05, 3.63) is 0 Å². The molecule has 7 nitrogen and oxygen atoms in total. The van der Waals surface area contributed by atoms with E-state index in [1.165, 1.54) is 24.2 Å². The molecule has 3 N–H and O–H groups in total. The number of nitrogens with zero attached hydrogens (tertiary/aromatic N) is 2. The molecule has 0 aromatic heterocycles. The Bertz CT molecular complexity index is 466. The van der Waals surface area contributed by atoms with Gasteiger partial charge in [-0.2, -0.15) is 0 Å². The minimum atomic E-state index is -0.755. The third-order valence-corrected chi connectivity index (χ3v) is 4.53. The summed E-state index contributed by atoms with van der Waals surface area (Å²) in [6, 6.07) is -0.292. The highest BCUT2D eigenvalue weighted by molar-refractivity contribution is 6.06. The summed E-state index contributed by atoms with van der Waals surface area (Å²) in [4.78, 5) is 30.1. The Hall–Kier alpha value is -1.79. The number of carbonyl (C=O) groups is 2. The number of aliphatic imine (C=N–C) groups is 1. The van der Waals surface area contributed by atoms with Gasteiger partial charge < -0.3 is 16.0 Å². The van der Waals surface area contributed by atoms with Crippen LogP contribution in [-0.2, 0) is 4.79 Å². The molecule has 0 radical (unpaired) electrons. The highest BCUT2D eigenvalue weighted by Crippen LogP contribution is 2.20. The van der Waals surface area contributed by atoms with Gasteiger partial charge in [-0.3, -0.25) is 14.7 Å². The average molecular weight is 354 g/mol. The predicted molar refractivity (Wildman–Crippen MR) is 102 cm³/mol. The first-order valence-electron chi connectivity index (χ1n) is 9.64. The van der Waals surface area contributed by atoms with E-state index < -0.39 is 5.54 Å². The molecule has 0 aromatic rings. The lowest BCUT2D eigenvalue weighted by molar-refractivity contribution is -0.130. The Labute approximate surface area is 152 Å². The number of nitrogens with one attached hydrogen (secondary N) is 3. The maximum atomic E-state index is 12.3. The quantitative estimate of drug-likeness (QED) is 0.230. The first kappa shape index (κ1) is 21.3. The first-order chi connectivity index (χ1) is 12.0. The van der Waals surface area contributed by atoms with Crippen LogP contribution in [0.1, 0.15) is 66.2 Å². The number of imide groups is 1. The molecule has 0 spiro atoms. The second-order valence-corrected chi connectivity index (χ2v) is 6.67. The second kappa shape index (κ2) is 10.9. The Morgan fingerprint density at radius 1 is 1.12 bits per heavy atom. The lowest BCUT2D eigenvalue weighted by atomic mass is 9.99. The maximum Gasteiger partial charge on any atom is 0.325 e. The van der Waals surface area contributed by atoms with Gasteiger partial charge in [-0.05, 0) is 33.1 Å². The number of urea groups is 1. The number of amides is 3. The zero-order chi connectivity index (χ0) is 18.7. The summed E-state index contributed by atoms with van der Waals surface area (Å²) >= 11 is 0. The molecule has 25 heavy (non-hydrogen) atoms. The molecule has 1 heterocycles. The van der Waals surface area contributed by atoms with Crippen molar-refractivity contribution < 1.29 is 9.59 Å². The molecule has 0 aliphatic carbocycles. The molecule has 1 aliphatic heterocycles. The number of unbranched alkanes of at least 4 members (excludes halogenated alkanes) is 3. The molecular weight excluding hydrogens is 318 g/mol. The number of rotatable bonds is 11. The highest BCUT2D eigenvalue weighted by atomic mass is 16.2. The summed E-state index contributed by atoms with van der Waals surface area (Å²) < 4.78 is 0. The molecule has 0 bridgehead atoms. The van der Waals surface area contributed by atoms with Crippen molar-refractivity contribution >= 4 is 17.9 Å². The van der Waals surface area contributed by atoms with Crippen molar-refractivity contribution in [2.45, 2.75) is 71.8 Å². The van der Waals surface area contributed by atoms with Gasteiger partial charge in [0.25, 0.3) is 5.91 Å². The maximum absolute atomic E-state index is 12.3. The summed E-state index contributed by atoms with van der Waals surface area (Å²) in [5.74, 6) is 0.666. The summed E-state index contributed by atoms with van der Waals surface area (Å²) in [7, 11) is 0. The van der Waals surface area contributed by atoms with Gasteiger partial charge in [0.05, 0.1) is 0 Å². The average Bonchev–Trinajstić information content (AvgIpc) is 2.81.